The monoisotopic (exact) mass is 270 g/mol. The van der Waals surface area contributed by atoms with E-state index < -0.39 is 32.7 Å². The summed E-state index contributed by atoms with van der Waals surface area (Å²) in [6, 6.07) is 0. The summed E-state index contributed by atoms with van der Waals surface area (Å²) >= 11 is 0. The molecule has 0 aromatic carbocycles. The molecule has 0 aromatic heterocycles. The van der Waals surface area contributed by atoms with Gasteiger partial charge < -0.3 is 0 Å². The molecule has 0 N–H and O–H groups in total. The first-order valence-corrected chi connectivity index (χ1v) is 6.56. The van der Waals surface area contributed by atoms with Gasteiger partial charge in [0.05, 0.1) is 0 Å². The molecular formula is C6H10BF6O2P. The maximum atomic E-state index is 12.1. The van der Waals surface area contributed by atoms with E-state index in [2.05, 4.69) is 15.6 Å². The molecule has 0 fully saturated rings. The molecule has 16 heavy (non-hydrogen) atoms. The molecule has 0 rings (SSSR count). The number of rotatable bonds is 5. The van der Waals surface area contributed by atoms with E-state index in [9.17, 15) is 26.3 Å². The quantitative estimate of drug-likeness (QED) is 0.330. The van der Waals surface area contributed by atoms with Crippen molar-refractivity contribution in [3.05, 3.63) is 12.8 Å². The third-order valence-corrected chi connectivity index (χ3v) is 3.86. The van der Waals surface area contributed by atoms with Gasteiger partial charge in [-0.1, -0.05) is 0 Å². The summed E-state index contributed by atoms with van der Waals surface area (Å²) < 4.78 is 80.2. The summed E-state index contributed by atoms with van der Waals surface area (Å²) in [5.74, 6) is 0. The number of halogens is 6. The van der Waals surface area contributed by atoms with Gasteiger partial charge in [-0.05, 0) is 0 Å². The molecule has 0 saturated heterocycles. The van der Waals surface area contributed by atoms with Gasteiger partial charge >= 0.3 is 88.5 Å². The topological polar surface area (TPSA) is 18.5 Å². The van der Waals surface area contributed by atoms with Crippen LogP contribution in [0.1, 0.15) is 0 Å². The first-order chi connectivity index (χ1) is 6.97. The fourth-order valence-corrected chi connectivity index (χ4v) is 2.70. The second kappa shape index (κ2) is 5.27. The van der Waals surface area contributed by atoms with E-state index in [1.807, 2.05) is 0 Å². The number of hydrogen-bond acceptors (Lipinski definition) is 2. The van der Waals surface area contributed by atoms with Crippen LogP contribution in [0.15, 0.2) is 12.8 Å². The van der Waals surface area contributed by atoms with E-state index >= 15 is 0 Å². The predicted molar refractivity (Wildman–Crippen MR) is 51.1 cm³/mol. The molecule has 0 atom stereocenters. The zero-order chi connectivity index (χ0) is 13.0. The summed E-state index contributed by atoms with van der Waals surface area (Å²) in [6.07, 6.45) is -10.2. The van der Waals surface area contributed by atoms with Crippen LogP contribution in [-0.2, 0) is 9.05 Å². The van der Waals surface area contributed by atoms with Crippen molar-refractivity contribution in [3.63, 3.8) is 0 Å². The van der Waals surface area contributed by atoms with Gasteiger partial charge in [-0.15, -0.1) is 0 Å². The Kier molecular flexibility index (Phi) is 5.13. The van der Waals surface area contributed by atoms with E-state index in [1.54, 1.807) is 0 Å². The van der Waals surface area contributed by atoms with Crippen molar-refractivity contribution >= 4 is 15.2 Å². The van der Waals surface area contributed by atoms with Gasteiger partial charge in [-0.3, -0.25) is 0 Å². The second-order valence-corrected chi connectivity index (χ2v) is 6.26. The molecule has 0 amide bonds. The second-order valence-electron chi connectivity index (χ2n) is 3.11. The third kappa shape index (κ3) is 7.81. The van der Waals surface area contributed by atoms with Crippen LogP contribution in [0.3, 0.4) is 0 Å². The SMILES string of the molecule is B[PH](CC(F)(F)F)(OC=C)OCC(F)(F)F. The van der Waals surface area contributed by atoms with Crippen LogP contribution in [0.2, 0.25) is 0 Å². The van der Waals surface area contributed by atoms with Crippen molar-refractivity contribution < 1.29 is 35.4 Å². The van der Waals surface area contributed by atoms with Gasteiger partial charge in [0, 0.05) is 0 Å². The van der Waals surface area contributed by atoms with Crippen LogP contribution in [0.25, 0.3) is 0 Å². The van der Waals surface area contributed by atoms with Crippen LogP contribution in [0.4, 0.5) is 26.3 Å². The van der Waals surface area contributed by atoms with Crippen molar-refractivity contribution in [2.75, 3.05) is 12.8 Å². The Balaban J connectivity index is 4.51. The Labute approximate surface area is 89.5 Å². The van der Waals surface area contributed by atoms with Gasteiger partial charge in [0.2, 0.25) is 0 Å². The molecule has 0 spiro atoms. The molecule has 10 heteroatoms. The molecule has 0 unspecified atom stereocenters. The minimum atomic E-state index is -4.69. The summed E-state index contributed by atoms with van der Waals surface area (Å²) in [5, 5.41) is 0. The fraction of sp³-hybridized carbons (Fsp3) is 0.667. The van der Waals surface area contributed by atoms with Crippen LogP contribution >= 0.6 is 7.59 Å². The van der Waals surface area contributed by atoms with E-state index in [1.165, 1.54) is 0 Å². The van der Waals surface area contributed by atoms with E-state index in [4.69, 9.17) is 0 Å². The van der Waals surface area contributed by atoms with Gasteiger partial charge in [0.15, 0.2) is 0 Å². The molecule has 0 aliphatic rings. The molecule has 0 aromatic rings. The van der Waals surface area contributed by atoms with Crippen molar-refractivity contribution in [2.24, 2.45) is 0 Å². The van der Waals surface area contributed by atoms with E-state index in [-0.39, 0.29) is 0 Å². The molecule has 0 heterocycles. The van der Waals surface area contributed by atoms with Crippen LogP contribution in [0.5, 0.6) is 0 Å². The molecule has 96 valence electrons. The predicted octanol–water partition coefficient (Wildman–Crippen LogP) is 2.42. The first kappa shape index (κ1) is 15.6. The van der Waals surface area contributed by atoms with Crippen LogP contribution in [0, 0.1) is 0 Å². The number of alkyl halides is 6. The van der Waals surface area contributed by atoms with Crippen LogP contribution in [-0.4, -0.2) is 32.7 Å². The van der Waals surface area contributed by atoms with Crippen molar-refractivity contribution in [1.82, 2.24) is 0 Å². The maximum absolute atomic E-state index is 12.1. The van der Waals surface area contributed by atoms with Crippen molar-refractivity contribution in [2.45, 2.75) is 12.4 Å². The van der Waals surface area contributed by atoms with Gasteiger partial charge in [0.25, 0.3) is 0 Å². The first-order valence-electron chi connectivity index (χ1n) is 4.04. The van der Waals surface area contributed by atoms with Crippen molar-refractivity contribution in [1.29, 1.82) is 0 Å². The molecule has 0 bridgehead atoms. The Hall–Kier alpha value is -0.425. The van der Waals surface area contributed by atoms with E-state index in [0.29, 0.717) is 6.26 Å². The average molecular weight is 270 g/mol. The molecule has 0 aliphatic carbocycles. The third-order valence-electron chi connectivity index (χ3n) is 1.40. The Morgan fingerprint density at radius 1 is 1.12 bits per heavy atom. The Bertz CT molecular complexity index is 242. The van der Waals surface area contributed by atoms with Crippen LogP contribution < -0.4 is 0 Å². The summed E-state index contributed by atoms with van der Waals surface area (Å²) in [6.45, 7) is 1.24. The molecule has 0 saturated carbocycles. The zero-order valence-electron chi connectivity index (χ0n) is 8.28. The summed E-state index contributed by atoms with van der Waals surface area (Å²) in [5.41, 5.74) is 0. The standard InChI is InChI=1S/C6H10BF6O2P/c1-2-14-16(7,4-6(11,12)13)15-3-5(8,9)10/h2,16H,1,3-4,7H2. The summed E-state index contributed by atoms with van der Waals surface area (Å²) in [7, 11) is -3.06. The summed E-state index contributed by atoms with van der Waals surface area (Å²) in [4.78, 5) is 0. The van der Waals surface area contributed by atoms with E-state index in [0.717, 1.165) is 7.57 Å². The molecule has 0 aliphatic heterocycles. The molecular weight excluding hydrogens is 260 g/mol. The Morgan fingerprint density at radius 3 is 1.94 bits per heavy atom. The molecule has 2 nitrogen and oxygen atoms in total. The van der Waals surface area contributed by atoms with Gasteiger partial charge in [-0.2, -0.15) is 0 Å². The van der Waals surface area contributed by atoms with Crippen molar-refractivity contribution in [3.8, 4) is 0 Å². The Morgan fingerprint density at radius 2 is 1.62 bits per heavy atom. The van der Waals surface area contributed by atoms with Gasteiger partial charge in [-0.25, -0.2) is 0 Å². The molecule has 0 radical (unpaired) electrons. The normalized spacial score (nSPS) is 14.6. The minimum absolute atomic E-state index is 0.661. The fourth-order valence-electron chi connectivity index (χ4n) is 0.902. The van der Waals surface area contributed by atoms with Gasteiger partial charge in [0.1, 0.15) is 0 Å². The number of hydrogen-bond donors (Lipinski definition) is 0. The average Bonchev–Trinajstić information content (AvgIpc) is 1.96. The zero-order valence-corrected chi connectivity index (χ0v) is 9.28.